The third kappa shape index (κ3) is 4.90. The minimum absolute atomic E-state index is 0.169. The Morgan fingerprint density at radius 3 is 2.00 bits per heavy atom. The molecule has 1 N–H and O–H groups in total. The zero-order valence-electron chi connectivity index (χ0n) is 16.9. The fourth-order valence-electron chi connectivity index (χ4n) is 2.85. The Morgan fingerprint density at radius 1 is 0.933 bits per heavy atom. The number of nitrogens with one attached hydrogen (secondary N) is 1. The summed E-state index contributed by atoms with van der Waals surface area (Å²) in [7, 11) is 0. The molecule has 30 heavy (non-hydrogen) atoms. The molecule has 0 spiro atoms. The number of imide groups is 1. The number of hydrogen-bond donors (Lipinski definition) is 1. The maximum Gasteiger partial charge on any atom is 0.309 e. The van der Waals surface area contributed by atoms with Crippen molar-refractivity contribution in [1.82, 2.24) is 5.06 Å². The monoisotopic (exact) mass is 410 g/mol. The van der Waals surface area contributed by atoms with Gasteiger partial charge < -0.3 is 10.1 Å². The van der Waals surface area contributed by atoms with Crippen LogP contribution in [-0.4, -0.2) is 40.5 Å². The lowest BCUT2D eigenvalue weighted by molar-refractivity contribution is -0.173. The first-order valence-corrected chi connectivity index (χ1v) is 9.38. The van der Waals surface area contributed by atoms with Gasteiger partial charge in [0.25, 0.3) is 17.7 Å². The van der Waals surface area contributed by atoms with Gasteiger partial charge in [-0.3, -0.25) is 19.2 Å². The molecule has 1 aliphatic heterocycles. The van der Waals surface area contributed by atoms with Crippen LogP contribution in [0.2, 0.25) is 0 Å². The molecule has 1 aliphatic rings. The van der Waals surface area contributed by atoms with Crippen molar-refractivity contribution in [1.29, 1.82) is 0 Å². The van der Waals surface area contributed by atoms with Crippen molar-refractivity contribution in [2.24, 2.45) is 0 Å². The van der Waals surface area contributed by atoms with Crippen LogP contribution in [0, 0.1) is 0 Å². The number of carbonyl (C=O) groups is 4. The number of carbonyl (C=O) groups excluding carboxylic acids is 4. The summed E-state index contributed by atoms with van der Waals surface area (Å²) >= 11 is 0. The molecule has 0 aromatic heterocycles. The van der Waals surface area contributed by atoms with E-state index in [0.717, 1.165) is 0 Å². The molecule has 0 aliphatic carbocycles. The second kappa shape index (κ2) is 8.46. The van der Waals surface area contributed by atoms with Gasteiger partial charge in [0, 0.05) is 5.69 Å². The van der Waals surface area contributed by atoms with Gasteiger partial charge in [0.1, 0.15) is 5.60 Å². The van der Waals surface area contributed by atoms with E-state index in [1.165, 1.54) is 12.1 Å². The first-order valence-electron chi connectivity index (χ1n) is 9.38. The minimum atomic E-state index is -1.46. The second-order valence-electron chi connectivity index (χ2n) is 7.69. The van der Waals surface area contributed by atoms with Crippen molar-refractivity contribution in [2.75, 3.05) is 5.32 Å². The van der Waals surface area contributed by atoms with Gasteiger partial charge in [0.05, 0.1) is 17.5 Å². The van der Waals surface area contributed by atoms with Crippen LogP contribution in [0.15, 0.2) is 54.6 Å². The van der Waals surface area contributed by atoms with E-state index in [1.54, 1.807) is 63.2 Å². The fraction of sp³-hybridized carbons (Fsp3) is 0.273. The number of para-hydroxylation sites is 1. The molecule has 156 valence electrons. The van der Waals surface area contributed by atoms with Crippen molar-refractivity contribution in [2.45, 2.75) is 38.9 Å². The molecule has 0 unspecified atom stereocenters. The number of hydrogen-bond acceptors (Lipinski definition) is 6. The Balaban J connectivity index is 1.80. The highest BCUT2D eigenvalue weighted by Gasteiger charge is 2.40. The molecule has 0 saturated heterocycles. The summed E-state index contributed by atoms with van der Waals surface area (Å²) in [4.78, 5) is 55.7. The molecular weight excluding hydrogens is 388 g/mol. The molecular formula is C22H22N2O6. The van der Waals surface area contributed by atoms with Gasteiger partial charge in [-0.15, -0.1) is 5.06 Å². The number of rotatable bonds is 6. The molecule has 8 nitrogen and oxygen atoms in total. The van der Waals surface area contributed by atoms with Gasteiger partial charge in [0.15, 0.2) is 6.10 Å². The fourth-order valence-corrected chi connectivity index (χ4v) is 2.85. The quantitative estimate of drug-likeness (QED) is 0.580. The second-order valence-corrected chi connectivity index (χ2v) is 7.69. The lowest BCUT2D eigenvalue weighted by Gasteiger charge is -2.24. The van der Waals surface area contributed by atoms with E-state index in [0.29, 0.717) is 10.8 Å². The molecule has 0 saturated carbocycles. The summed E-state index contributed by atoms with van der Waals surface area (Å²) in [6.07, 6.45) is -1.94. The summed E-state index contributed by atoms with van der Waals surface area (Å²) in [6.45, 7) is 5.07. The van der Waals surface area contributed by atoms with E-state index in [4.69, 9.17) is 9.57 Å². The third-order valence-electron chi connectivity index (χ3n) is 4.10. The topological polar surface area (TPSA) is 102 Å². The summed E-state index contributed by atoms with van der Waals surface area (Å²) in [6, 6.07) is 14.8. The molecule has 0 bridgehead atoms. The molecule has 2 aromatic carbocycles. The van der Waals surface area contributed by atoms with Crippen molar-refractivity contribution < 1.29 is 28.8 Å². The minimum Gasteiger partial charge on any atom is -0.460 e. The Kier molecular flexibility index (Phi) is 5.98. The van der Waals surface area contributed by atoms with Crippen molar-refractivity contribution in [3.63, 3.8) is 0 Å². The largest absolute Gasteiger partial charge is 0.460 e. The van der Waals surface area contributed by atoms with E-state index >= 15 is 0 Å². The van der Waals surface area contributed by atoms with Crippen molar-refractivity contribution >= 4 is 29.4 Å². The third-order valence-corrected chi connectivity index (χ3v) is 4.10. The molecule has 2 aromatic rings. The number of amides is 3. The lowest BCUT2D eigenvalue weighted by atomic mass is 10.1. The molecule has 1 heterocycles. The number of anilines is 1. The van der Waals surface area contributed by atoms with E-state index in [9.17, 15) is 19.2 Å². The van der Waals surface area contributed by atoms with Crippen LogP contribution < -0.4 is 5.32 Å². The number of nitrogens with zero attached hydrogens (tertiary/aromatic N) is 1. The number of ether oxygens (including phenoxy) is 1. The maximum atomic E-state index is 12.8. The van der Waals surface area contributed by atoms with Gasteiger partial charge in [-0.2, -0.15) is 0 Å². The van der Waals surface area contributed by atoms with E-state index < -0.39 is 41.8 Å². The standard InChI is InChI=1S/C22H22N2O6/c1-22(2,3)29-18(25)13-17(19(26)23-14-9-5-4-6-10-14)30-24-20(27)15-11-7-8-12-16(15)21(24)28/h4-12,17H,13H2,1-3H3,(H,23,26)/t17-/m1/s1. The van der Waals surface area contributed by atoms with Gasteiger partial charge in [-0.25, -0.2) is 4.84 Å². The normalized spacial score (nSPS) is 14.3. The van der Waals surface area contributed by atoms with Crippen LogP contribution in [0.4, 0.5) is 5.69 Å². The van der Waals surface area contributed by atoms with Crippen molar-refractivity contribution in [3.05, 3.63) is 65.7 Å². The Labute approximate surface area is 173 Å². The van der Waals surface area contributed by atoms with Crippen LogP contribution in [0.1, 0.15) is 47.9 Å². The Morgan fingerprint density at radius 2 is 1.47 bits per heavy atom. The van der Waals surface area contributed by atoms with Crippen LogP contribution in [0.25, 0.3) is 0 Å². The van der Waals surface area contributed by atoms with Gasteiger partial charge >= 0.3 is 5.97 Å². The summed E-state index contributed by atoms with van der Waals surface area (Å²) in [5, 5.41) is 3.13. The summed E-state index contributed by atoms with van der Waals surface area (Å²) in [5.41, 5.74) is 0.0409. The molecule has 0 radical (unpaired) electrons. The number of fused-ring (bicyclic) bond motifs is 1. The molecule has 3 rings (SSSR count). The Bertz CT molecular complexity index is 946. The molecule has 0 fully saturated rings. The number of esters is 1. The highest BCUT2D eigenvalue weighted by Crippen LogP contribution is 2.24. The first-order chi connectivity index (χ1) is 14.2. The highest BCUT2D eigenvalue weighted by molar-refractivity contribution is 6.20. The molecule has 8 heteroatoms. The van der Waals surface area contributed by atoms with E-state index in [-0.39, 0.29) is 11.1 Å². The zero-order chi connectivity index (χ0) is 21.9. The molecule has 3 amide bonds. The van der Waals surface area contributed by atoms with Crippen LogP contribution in [-0.2, 0) is 19.2 Å². The smallest absolute Gasteiger partial charge is 0.309 e. The van der Waals surface area contributed by atoms with Gasteiger partial charge in [0.2, 0.25) is 0 Å². The zero-order valence-corrected chi connectivity index (χ0v) is 16.9. The number of hydroxylamine groups is 2. The highest BCUT2D eigenvalue weighted by atomic mass is 16.7. The maximum absolute atomic E-state index is 12.8. The van der Waals surface area contributed by atoms with Gasteiger partial charge in [-0.1, -0.05) is 30.3 Å². The average Bonchev–Trinajstić information content (AvgIpc) is 2.92. The lowest BCUT2D eigenvalue weighted by Crippen LogP contribution is -2.42. The van der Waals surface area contributed by atoms with E-state index in [2.05, 4.69) is 5.32 Å². The van der Waals surface area contributed by atoms with Gasteiger partial charge in [-0.05, 0) is 45.0 Å². The predicted molar refractivity (Wildman–Crippen MR) is 107 cm³/mol. The Hall–Kier alpha value is -3.52. The van der Waals surface area contributed by atoms with E-state index in [1.807, 2.05) is 0 Å². The summed E-state index contributed by atoms with van der Waals surface area (Å²) in [5.74, 6) is -2.79. The summed E-state index contributed by atoms with van der Waals surface area (Å²) < 4.78 is 5.26. The number of benzene rings is 2. The van der Waals surface area contributed by atoms with Crippen LogP contribution >= 0.6 is 0 Å². The SMILES string of the molecule is CC(C)(C)OC(=O)C[C@@H](ON1C(=O)c2ccccc2C1=O)C(=O)Nc1ccccc1. The predicted octanol–water partition coefficient (Wildman–Crippen LogP) is 2.95. The van der Waals surface area contributed by atoms with Crippen molar-refractivity contribution in [3.8, 4) is 0 Å². The first kappa shape index (κ1) is 21.2. The van der Waals surface area contributed by atoms with Crippen LogP contribution in [0.3, 0.4) is 0 Å². The van der Waals surface area contributed by atoms with Crippen LogP contribution in [0.5, 0.6) is 0 Å². The molecule has 1 atom stereocenters. The average molecular weight is 410 g/mol.